The van der Waals surface area contributed by atoms with Crippen LogP contribution in [-0.2, 0) is 11.3 Å². The van der Waals surface area contributed by atoms with Crippen molar-refractivity contribution in [3.63, 3.8) is 0 Å². The normalized spacial score (nSPS) is 10.6. The van der Waals surface area contributed by atoms with Crippen molar-refractivity contribution in [2.75, 3.05) is 25.6 Å². The van der Waals surface area contributed by atoms with Crippen LogP contribution in [0.15, 0.2) is 0 Å². The molecule has 112 valence electrons. The van der Waals surface area contributed by atoms with E-state index >= 15 is 0 Å². The number of unbranched alkanes of at least 4 members (excludes halogenated alkanes) is 2. The fraction of sp³-hybridized carbons (Fsp3) is 0.636. The molecule has 0 aliphatic heterocycles. The van der Waals surface area contributed by atoms with E-state index in [1.165, 1.54) is 7.11 Å². The van der Waals surface area contributed by atoms with Crippen molar-refractivity contribution in [2.24, 2.45) is 0 Å². The van der Waals surface area contributed by atoms with Crippen LogP contribution in [0.5, 0.6) is 0 Å². The lowest BCUT2D eigenvalue weighted by Gasteiger charge is -2.08. The van der Waals surface area contributed by atoms with Gasteiger partial charge in [-0.3, -0.25) is 10.1 Å². The van der Waals surface area contributed by atoms with Gasteiger partial charge in [0.25, 0.3) is 0 Å². The first kappa shape index (κ1) is 16.5. The van der Waals surface area contributed by atoms with Crippen molar-refractivity contribution in [2.45, 2.75) is 25.9 Å². The summed E-state index contributed by atoms with van der Waals surface area (Å²) in [4.78, 5) is 18.2. The summed E-state index contributed by atoms with van der Waals surface area (Å²) in [5.41, 5.74) is -0.339. The minimum atomic E-state index is -0.616. The number of aliphatic hydroxyl groups is 1. The predicted octanol–water partition coefficient (Wildman–Crippen LogP) is 1.76. The number of hydrogen-bond donors (Lipinski definition) is 2. The van der Waals surface area contributed by atoms with Crippen molar-refractivity contribution < 1.29 is 14.8 Å². The molecule has 0 atom stereocenters. The van der Waals surface area contributed by atoms with E-state index in [0.29, 0.717) is 13.0 Å². The Morgan fingerprint density at radius 2 is 2.15 bits per heavy atom. The molecular formula is C11H17ClN4O4. The molecule has 9 heteroatoms. The maximum atomic E-state index is 11.0. The zero-order chi connectivity index (χ0) is 15.0. The molecule has 0 fully saturated rings. The van der Waals surface area contributed by atoms with Crippen LogP contribution in [0.2, 0.25) is 5.15 Å². The number of nitro groups is 1. The lowest BCUT2D eigenvalue weighted by Crippen LogP contribution is -2.10. The molecule has 20 heavy (non-hydrogen) atoms. The minimum absolute atomic E-state index is 0.0889. The van der Waals surface area contributed by atoms with Gasteiger partial charge in [0.15, 0.2) is 5.82 Å². The van der Waals surface area contributed by atoms with E-state index in [1.54, 1.807) is 0 Å². The SMILES string of the molecule is COCc1nc(Cl)c([N+](=O)[O-])c(NCCCCCO)n1. The number of ether oxygens (including phenoxy) is 1. The van der Waals surface area contributed by atoms with Crippen molar-refractivity contribution in [3.05, 3.63) is 21.1 Å². The van der Waals surface area contributed by atoms with Crippen LogP contribution in [0, 0.1) is 10.1 Å². The average molecular weight is 305 g/mol. The van der Waals surface area contributed by atoms with Gasteiger partial charge in [-0.1, -0.05) is 11.6 Å². The molecule has 1 heterocycles. The molecule has 0 saturated heterocycles. The molecule has 0 aliphatic carbocycles. The third kappa shape index (κ3) is 4.87. The van der Waals surface area contributed by atoms with E-state index < -0.39 is 4.92 Å². The van der Waals surface area contributed by atoms with Gasteiger partial charge in [0.05, 0.1) is 4.92 Å². The highest BCUT2D eigenvalue weighted by Gasteiger charge is 2.23. The lowest BCUT2D eigenvalue weighted by atomic mass is 10.2. The maximum Gasteiger partial charge on any atom is 0.348 e. The molecule has 0 radical (unpaired) electrons. The monoisotopic (exact) mass is 304 g/mol. The van der Waals surface area contributed by atoms with Crippen LogP contribution in [0.1, 0.15) is 25.1 Å². The summed E-state index contributed by atoms with van der Waals surface area (Å²) in [6.07, 6.45) is 2.28. The molecule has 0 spiro atoms. The van der Waals surface area contributed by atoms with E-state index in [1.807, 2.05) is 0 Å². The second-order valence-corrected chi connectivity index (χ2v) is 4.39. The molecule has 1 rings (SSSR count). The third-order valence-electron chi connectivity index (χ3n) is 2.47. The van der Waals surface area contributed by atoms with Gasteiger partial charge in [-0.25, -0.2) is 9.97 Å². The third-order valence-corrected chi connectivity index (χ3v) is 2.73. The first-order valence-electron chi connectivity index (χ1n) is 6.14. The Kier molecular flexibility index (Phi) is 7.13. The van der Waals surface area contributed by atoms with Crippen molar-refractivity contribution >= 4 is 23.1 Å². The number of rotatable bonds is 9. The summed E-state index contributed by atoms with van der Waals surface area (Å²) in [5.74, 6) is 0.368. The molecule has 0 unspecified atom stereocenters. The van der Waals surface area contributed by atoms with Crippen LogP contribution in [0.4, 0.5) is 11.5 Å². The number of anilines is 1. The van der Waals surface area contributed by atoms with Crippen LogP contribution >= 0.6 is 11.6 Å². The first-order chi connectivity index (χ1) is 9.60. The standard InChI is InChI=1S/C11H17ClN4O4/c1-20-7-8-14-10(12)9(16(18)19)11(15-8)13-5-3-2-4-6-17/h17H,2-7H2,1H3,(H,13,14,15). The maximum absolute atomic E-state index is 11.0. The van der Waals surface area contributed by atoms with Crippen LogP contribution in [0.3, 0.4) is 0 Å². The summed E-state index contributed by atoms with van der Waals surface area (Å²) in [6, 6.07) is 0. The molecule has 0 amide bonds. The number of aliphatic hydroxyl groups excluding tert-OH is 1. The van der Waals surface area contributed by atoms with Crippen LogP contribution in [0.25, 0.3) is 0 Å². The molecule has 1 aromatic heterocycles. The van der Waals surface area contributed by atoms with Gasteiger partial charge in [-0.15, -0.1) is 0 Å². The number of nitrogens with one attached hydrogen (secondary N) is 1. The number of hydrogen-bond acceptors (Lipinski definition) is 7. The van der Waals surface area contributed by atoms with Gasteiger partial charge < -0.3 is 15.2 Å². The van der Waals surface area contributed by atoms with Crippen molar-refractivity contribution in [3.8, 4) is 0 Å². The highest BCUT2D eigenvalue weighted by molar-refractivity contribution is 6.31. The summed E-state index contributed by atoms with van der Waals surface area (Å²) in [5, 5.41) is 22.3. The lowest BCUT2D eigenvalue weighted by molar-refractivity contribution is -0.384. The van der Waals surface area contributed by atoms with Gasteiger partial charge in [-0.2, -0.15) is 0 Å². The van der Waals surface area contributed by atoms with Crippen molar-refractivity contribution in [1.29, 1.82) is 0 Å². The average Bonchev–Trinajstić information content (AvgIpc) is 2.38. The molecule has 8 nitrogen and oxygen atoms in total. The number of methoxy groups -OCH3 is 1. The largest absolute Gasteiger partial charge is 0.396 e. The summed E-state index contributed by atoms with van der Waals surface area (Å²) in [7, 11) is 1.47. The van der Waals surface area contributed by atoms with Crippen LogP contribution in [-0.4, -0.2) is 40.3 Å². The Morgan fingerprint density at radius 1 is 1.40 bits per heavy atom. The van der Waals surface area contributed by atoms with E-state index in [4.69, 9.17) is 21.4 Å². The second kappa shape index (κ2) is 8.62. The van der Waals surface area contributed by atoms with Crippen LogP contribution < -0.4 is 5.32 Å². The number of aromatic nitrogens is 2. The number of halogens is 1. The molecular weight excluding hydrogens is 288 g/mol. The minimum Gasteiger partial charge on any atom is -0.396 e. The molecule has 0 bridgehead atoms. The fourth-order valence-electron chi connectivity index (χ4n) is 1.57. The van der Waals surface area contributed by atoms with Gasteiger partial charge in [0, 0.05) is 20.3 Å². The highest BCUT2D eigenvalue weighted by Crippen LogP contribution is 2.29. The first-order valence-corrected chi connectivity index (χ1v) is 6.52. The Hall–Kier alpha value is -1.51. The summed E-state index contributed by atoms with van der Waals surface area (Å²) < 4.78 is 4.89. The molecule has 0 aromatic carbocycles. The fourth-order valence-corrected chi connectivity index (χ4v) is 1.83. The Labute approximate surface area is 121 Å². The Balaban J connectivity index is 2.81. The summed E-state index contributed by atoms with van der Waals surface area (Å²) in [6.45, 7) is 0.759. The Bertz CT molecular complexity index is 458. The zero-order valence-corrected chi connectivity index (χ0v) is 11.9. The molecule has 2 N–H and O–H groups in total. The zero-order valence-electron chi connectivity index (χ0n) is 11.1. The quantitative estimate of drug-likeness (QED) is 0.309. The topological polar surface area (TPSA) is 110 Å². The van der Waals surface area contributed by atoms with Crippen molar-refractivity contribution in [1.82, 2.24) is 9.97 Å². The predicted molar refractivity (Wildman–Crippen MR) is 73.8 cm³/mol. The summed E-state index contributed by atoms with van der Waals surface area (Å²) >= 11 is 5.81. The highest BCUT2D eigenvalue weighted by atomic mass is 35.5. The van der Waals surface area contributed by atoms with Gasteiger partial charge in [-0.05, 0) is 19.3 Å². The Morgan fingerprint density at radius 3 is 2.75 bits per heavy atom. The second-order valence-electron chi connectivity index (χ2n) is 4.03. The van der Waals surface area contributed by atoms with E-state index in [-0.39, 0.29) is 35.7 Å². The van der Waals surface area contributed by atoms with Gasteiger partial charge >= 0.3 is 5.69 Å². The molecule has 0 aliphatic rings. The smallest absolute Gasteiger partial charge is 0.348 e. The molecule has 0 saturated carbocycles. The van der Waals surface area contributed by atoms with E-state index in [9.17, 15) is 10.1 Å². The number of nitrogens with zero attached hydrogens (tertiary/aromatic N) is 3. The van der Waals surface area contributed by atoms with E-state index in [0.717, 1.165) is 12.8 Å². The molecule has 1 aromatic rings. The van der Waals surface area contributed by atoms with E-state index in [2.05, 4.69) is 15.3 Å². The van der Waals surface area contributed by atoms with Gasteiger partial charge in [0.2, 0.25) is 11.0 Å². The van der Waals surface area contributed by atoms with Gasteiger partial charge in [0.1, 0.15) is 6.61 Å².